The summed E-state index contributed by atoms with van der Waals surface area (Å²) in [5, 5.41) is 10.0. The Morgan fingerprint density at radius 1 is 1.19 bits per heavy atom. The summed E-state index contributed by atoms with van der Waals surface area (Å²) < 4.78 is 0. The molecule has 6 heteroatoms. The third kappa shape index (κ3) is 3.89. The van der Waals surface area contributed by atoms with Crippen molar-refractivity contribution in [2.24, 2.45) is 0 Å². The van der Waals surface area contributed by atoms with Gasteiger partial charge in [-0.2, -0.15) is 5.26 Å². The maximum atomic E-state index is 12.4. The van der Waals surface area contributed by atoms with Crippen molar-refractivity contribution in [2.75, 3.05) is 11.2 Å². The standard InChI is InChI=1S/C25H24N4OS/c1-16-13-25(2,3)29(15-17-8-6-5-7-9-17)21-11-10-18(12-19(16)21)22-20(14-26)23(30)28-24(27-22)31-4/h5-13H,15H2,1-4H3,(H,27,28,30). The number of nitrogens with one attached hydrogen (secondary N) is 1. The Morgan fingerprint density at radius 3 is 2.61 bits per heavy atom. The van der Waals surface area contributed by atoms with Crippen LogP contribution in [0.4, 0.5) is 5.69 Å². The van der Waals surface area contributed by atoms with Crippen molar-refractivity contribution in [2.45, 2.75) is 38.0 Å². The van der Waals surface area contributed by atoms with Gasteiger partial charge in [-0.05, 0) is 50.3 Å². The predicted octanol–water partition coefficient (Wildman–Crippen LogP) is 5.23. The summed E-state index contributed by atoms with van der Waals surface area (Å²) in [6.07, 6.45) is 4.11. The molecule has 1 aliphatic rings. The second-order valence-corrected chi connectivity index (χ2v) is 8.99. The molecule has 0 saturated carbocycles. The van der Waals surface area contributed by atoms with E-state index in [0.29, 0.717) is 10.9 Å². The van der Waals surface area contributed by atoms with Gasteiger partial charge in [-0.15, -0.1) is 0 Å². The molecule has 0 bridgehead atoms. The molecule has 4 rings (SSSR count). The van der Waals surface area contributed by atoms with Crippen LogP contribution >= 0.6 is 11.8 Å². The molecule has 0 atom stereocenters. The lowest BCUT2D eigenvalue weighted by molar-refractivity contribution is 0.552. The summed E-state index contributed by atoms with van der Waals surface area (Å²) in [5.74, 6) is 0. The zero-order valence-electron chi connectivity index (χ0n) is 18.1. The topological polar surface area (TPSA) is 72.8 Å². The van der Waals surface area contributed by atoms with E-state index in [-0.39, 0.29) is 11.1 Å². The number of aromatic nitrogens is 2. The van der Waals surface area contributed by atoms with E-state index in [4.69, 9.17) is 0 Å². The van der Waals surface area contributed by atoms with E-state index >= 15 is 0 Å². The van der Waals surface area contributed by atoms with Crippen molar-refractivity contribution in [1.82, 2.24) is 9.97 Å². The largest absolute Gasteiger partial charge is 0.358 e. The number of allylic oxidation sites excluding steroid dienone is 1. The van der Waals surface area contributed by atoms with E-state index < -0.39 is 5.56 Å². The third-order valence-corrected chi connectivity index (χ3v) is 6.22. The molecule has 0 radical (unpaired) electrons. The number of hydrogen-bond acceptors (Lipinski definition) is 5. The van der Waals surface area contributed by atoms with Gasteiger partial charge in [-0.3, -0.25) is 4.79 Å². The van der Waals surface area contributed by atoms with Crippen LogP contribution in [0.3, 0.4) is 0 Å². The normalized spacial score (nSPS) is 14.5. The van der Waals surface area contributed by atoms with E-state index in [1.54, 1.807) is 0 Å². The fourth-order valence-corrected chi connectivity index (χ4v) is 4.52. The van der Waals surface area contributed by atoms with E-state index in [9.17, 15) is 10.1 Å². The van der Waals surface area contributed by atoms with Crippen LogP contribution in [0, 0.1) is 11.3 Å². The number of thioether (sulfide) groups is 1. The molecule has 0 aliphatic carbocycles. The second kappa shape index (κ2) is 8.09. The first-order valence-electron chi connectivity index (χ1n) is 10.1. The smallest absolute Gasteiger partial charge is 0.270 e. The number of benzene rings is 2. The molecule has 0 saturated heterocycles. The highest BCUT2D eigenvalue weighted by atomic mass is 32.2. The number of nitrogens with zero attached hydrogens (tertiary/aromatic N) is 3. The summed E-state index contributed by atoms with van der Waals surface area (Å²) in [6.45, 7) is 7.32. The molecular formula is C25H24N4OS. The maximum Gasteiger partial charge on any atom is 0.270 e. The average Bonchev–Trinajstić information content (AvgIpc) is 2.76. The minimum atomic E-state index is -0.409. The lowest BCUT2D eigenvalue weighted by Crippen LogP contribution is -2.44. The fourth-order valence-electron chi connectivity index (χ4n) is 4.15. The second-order valence-electron chi connectivity index (χ2n) is 8.20. The zero-order chi connectivity index (χ0) is 22.2. The minimum Gasteiger partial charge on any atom is -0.358 e. The van der Waals surface area contributed by atoms with Crippen molar-refractivity contribution in [3.8, 4) is 17.3 Å². The zero-order valence-corrected chi connectivity index (χ0v) is 18.9. The number of aromatic amines is 1. The number of fused-ring (bicyclic) bond motifs is 1. The summed E-state index contributed by atoms with van der Waals surface area (Å²) in [6, 6.07) is 18.5. The van der Waals surface area contributed by atoms with Gasteiger partial charge in [0.2, 0.25) is 0 Å². The van der Waals surface area contributed by atoms with Crippen LogP contribution < -0.4 is 10.5 Å². The van der Waals surface area contributed by atoms with Gasteiger partial charge in [0.15, 0.2) is 5.16 Å². The number of rotatable bonds is 4. The first-order valence-corrected chi connectivity index (χ1v) is 11.3. The molecule has 31 heavy (non-hydrogen) atoms. The summed E-state index contributed by atoms with van der Waals surface area (Å²) >= 11 is 1.35. The van der Waals surface area contributed by atoms with E-state index in [1.165, 1.54) is 22.9 Å². The van der Waals surface area contributed by atoms with E-state index in [0.717, 1.165) is 23.4 Å². The predicted molar refractivity (Wildman–Crippen MR) is 127 cm³/mol. The van der Waals surface area contributed by atoms with Crippen LogP contribution in [-0.4, -0.2) is 21.8 Å². The van der Waals surface area contributed by atoms with Crippen LogP contribution in [0.2, 0.25) is 0 Å². The van der Waals surface area contributed by atoms with Crippen molar-refractivity contribution < 1.29 is 0 Å². The molecule has 0 fully saturated rings. The van der Waals surface area contributed by atoms with Gasteiger partial charge in [0, 0.05) is 23.4 Å². The van der Waals surface area contributed by atoms with Gasteiger partial charge in [0.05, 0.1) is 11.2 Å². The highest BCUT2D eigenvalue weighted by Crippen LogP contribution is 2.41. The first-order chi connectivity index (χ1) is 14.8. The van der Waals surface area contributed by atoms with Crippen LogP contribution in [0.5, 0.6) is 0 Å². The van der Waals surface area contributed by atoms with Gasteiger partial charge in [-0.25, -0.2) is 4.98 Å². The summed E-state index contributed by atoms with van der Waals surface area (Å²) in [5.41, 5.74) is 5.29. The highest BCUT2D eigenvalue weighted by molar-refractivity contribution is 7.98. The molecule has 1 aromatic heterocycles. The van der Waals surface area contributed by atoms with Gasteiger partial charge in [0.25, 0.3) is 5.56 Å². The van der Waals surface area contributed by atoms with Gasteiger partial charge in [-0.1, -0.05) is 54.2 Å². The van der Waals surface area contributed by atoms with Gasteiger partial charge < -0.3 is 9.88 Å². The third-order valence-electron chi connectivity index (χ3n) is 5.64. The average molecular weight is 429 g/mol. The molecule has 2 heterocycles. The van der Waals surface area contributed by atoms with Crippen molar-refractivity contribution >= 4 is 23.0 Å². The fraction of sp³-hybridized carbons (Fsp3) is 0.240. The Labute approximate surface area is 186 Å². The quantitative estimate of drug-likeness (QED) is 0.455. The molecule has 1 aliphatic heterocycles. The van der Waals surface area contributed by atoms with E-state index in [1.807, 2.05) is 30.5 Å². The molecule has 156 valence electrons. The highest BCUT2D eigenvalue weighted by Gasteiger charge is 2.31. The summed E-state index contributed by atoms with van der Waals surface area (Å²) in [4.78, 5) is 21.9. The molecule has 0 spiro atoms. The number of anilines is 1. The molecular weight excluding hydrogens is 404 g/mol. The van der Waals surface area contributed by atoms with Crippen LogP contribution in [0.25, 0.3) is 16.8 Å². The Morgan fingerprint density at radius 2 is 1.94 bits per heavy atom. The van der Waals surface area contributed by atoms with Gasteiger partial charge >= 0.3 is 0 Å². The number of H-pyrrole nitrogens is 1. The lowest BCUT2D eigenvalue weighted by atomic mass is 9.87. The Kier molecular flexibility index (Phi) is 5.47. The van der Waals surface area contributed by atoms with E-state index in [2.05, 4.69) is 72.0 Å². The SMILES string of the molecule is CSc1nc(-c2ccc3c(c2)C(C)=CC(C)(C)N3Cc2ccccc2)c(C#N)c(=O)[nH]1. The molecule has 0 amide bonds. The minimum absolute atomic E-state index is 0.0386. The molecule has 2 aromatic carbocycles. The van der Waals surface area contributed by atoms with Crippen LogP contribution in [0.15, 0.2) is 64.6 Å². The van der Waals surface area contributed by atoms with Crippen molar-refractivity contribution in [3.05, 3.63) is 81.7 Å². The Hall–Kier alpha value is -3.30. The van der Waals surface area contributed by atoms with Crippen LogP contribution in [-0.2, 0) is 6.54 Å². The molecule has 0 unspecified atom stereocenters. The lowest BCUT2D eigenvalue weighted by Gasteiger charge is -2.43. The Bertz CT molecular complexity index is 1270. The maximum absolute atomic E-state index is 12.4. The monoisotopic (exact) mass is 428 g/mol. The van der Waals surface area contributed by atoms with Gasteiger partial charge in [0.1, 0.15) is 11.6 Å². The van der Waals surface area contributed by atoms with Crippen LogP contribution in [0.1, 0.15) is 37.5 Å². The molecule has 1 N–H and O–H groups in total. The summed E-state index contributed by atoms with van der Waals surface area (Å²) in [7, 11) is 0. The van der Waals surface area contributed by atoms with Crippen molar-refractivity contribution in [1.29, 1.82) is 5.26 Å². The number of hydrogen-bond donors (Lipinski definition) is 1. The van der Waals surface area contributed by atoms with Crippen molar-refractivity contribution in [3.63, 3.8) is 0 Å². The first kappa shape index (κ1) is 21.0. The molecule has 5 nitrogen and oxygen atoms in total. The number of nitriles is 1. The Balaban J connectivity index is 1.85. The molecule has 3 aromatic rings.